The van der Waals surface area contributed by atoms with Gasteiger partial charge < -0.3 is 9.64 Å². The molecule has 2 heterocycles. The van der Waals surface area contributed by atoms with Gasteiger partial charge in [0.2, 0.25) is 5.88 Å². The Morgan fingerprint density at radius 2 is 1.90 bits per heavy atom. The molecule has 160 valence electrons. The molecule has 0 fully saturated rings. The van der Waals surface area contributed by atoms with E-state index in [0.717, 1.165) is 24.1 Å². The van der Waals surface area contributed by atoms with Crippen LogP contribution in [0.15, 0.2) is 54.7 Å². The molecule has 2 aromatic carbocycles. The maximum atomic E-state index is 14.4. The monoisotopic (exact) mass is 450 g/mol. The van der Waals surface area contributed by atoms with Crippen LogP contribution in [0.2, 0.25) is 5.02 Å². The number of pyridine rings is 1. The number of carbonyl (C=O) groups excluding carboxylic acids is 1. The number of ether oxygens (including phenoxy) is 1. The number of anilines is 1. The van der Waals surface area contributed by atoms with Crippen molar-refractivity contribution in [3.8, 4) is 11.6 Å². The Bertz CT molecular complexity index is 1150. The third-order valence-corrected chi connectivity index (χ3v) is 5.16. The highest BCUT2D eigenvalue weighted by molar-refractivity contribution is 6.31. The molecule has 1 aromatic heterocycles. The second kappa shape index (κ2) is 8.19. The molecule has 1 aliphatic rings. The zero-order valence-corrected chi connectivity index (χ0v) is 16.7. The predicted molar refractivity (Wildman–Crippen MR) is 107 cm³/mol. The number of hydrogen-bond acceptors (Lipinski definition) is 3. The number of benzene rings is 2. The fourth-order valence-corrected chi connectivity index (χ4v) is 3.64. The molecule has 0 unspecified atom stereocenters. The molecular weight excluding hydrogens is 436 g/mol. The fraction of sp³-hybridized carbons (Fsp3) is 0.182. The number of aryl methyl sites for hydroxylation is 1. The topological polar surface area (TPSA) is 42.4 Å². The van der Waals surface area contributed by atoms with Crippen molar-refractivity contribution in [3.05, 3.63) is 82.3 Å². The van der Waals surface area contributed by atoms with Crippen molar-refractivity contribution in [1.82, 2.24) is 4.98 Å². The second-order valence-corrected chi connectivity index (χ2v) is 7.32. The third-order valence-electron chi connectivity index (χ3n) is 4.89. The summed E-state index contributed by atoms with van der Waals surface area (Å²) in [6, 6.07) is 11.3. The summed E-state index contributed by atoms with van der Waals surface area (Å²) < 4.78 is 59.0. The third kappa shape index (κ3) is 4.20. The molecule has 31 heavy (non-hydrogen) atoms. The van der Waals surface area contributed by atoms with E-state index >= 15 is 0 Å². The molecular formula is C22H15ClF4N2O2. The van der Waals surface area contributed by atoms with E-state index in [-0.39, 0.29) is 11.4 Å². The van der Waals surface area contributed by atoms with Crippen LogP contribution < -0.4 is 9.64 Å². The van der Waals surface area contributed by atoms with E-state index in [1.807, 2.05) is 24.3 Å². The van der Waals surface area contributed by atoms with Crippen molar-refractivity contribution < 1.29 is 27.1 Å². The number of para-hydroxylation sites is 1. The lowest BCUT2D eigenvalue weighted by molar-refractivity contribution is -0.137. The number of halogens is 5. The van der Waals surface area contributed by atoms with E-state index in [0.29, 0.717) is 18.7 Å². The minimum Gasteiger partial charge on any atom is -0.435 e. The maximum absolute atomic E-state index is 14.4. The SMILES string of the molecule is O=C(c1cccnc1Oc1cc(C(F)(F)F)cc(Cl)c1F)N1CCCc2ccccc21. The van der Waals surface area contributed by atoms with Crippen molar-refractivity contribution >= 4 is 23.2 Å². The lowest BCUT2D eigenvalue weighted by atomic mass is 10.0. The van der Waals surface area contributed by atoms with Gasteiger partial charge in [0.25, 0.3) is 5.91 Å². The van der Waals surface area contributed by atoms with E-state index in [2.05, 4.69) is 4.98 Å². The van der Waals surface area contributed by atoms with Crippen LogP contribution in [0.3, 0.4) is 0 Å². The summed E-state index contributed by atoms with van der Waals surface area (Å²) in [6.45, 7) is 0.452. The van der Waals surface area contributed by atoms with Gasteiger partial charge in [0.1, 0.15) is 5.56 Å². The Kier molecular flexibility index (Phi) is 5.58. The standard InChI is InChI=1S/C22H15ClF4N2O2/c23-16-11-14(22(25,26)27)12-18(19(16)24)31-20-15(7-3-9-28-20)21(30)29-10-4-6-13-5-1-2-8-17(13)29/h1-3,5,7-9,11-12H,4,6,10H2. The summed E-state index contributed by atoms with van der Waals surface area (Å²) in [5.74, 6) is -2.72. The number of hydrogen-bond donors (Lipinski definition) is 0. The van der Waals surface area contributed by atoms with Crippen LogP contribution >= 0.6 is 11.6 Å². The lowest BCUT2D eigenvalue weighted by Gasteiger charge is -2.29. The maximum Gasteiger partial charge on any atom is 0.416 e. The minimum absolute atomic E-state index is 0.00728. The summed E-state index contributed by atoms with van der Waals surface area (Å²) in [5, 5.41) is -0.751. The zero-order chi connectivity index (χ0) is 22.2. The van der Waals surface area contributed by atoms with Crippen molar-refractivity contribution in [2.45, 2.75) is 19.0 Å². The number of rotatable bonds is 3. The number of alkyl halides is 3. The Balaban J connectivity index is 1.72. The summed E-state index contributed by atoms with van der Waals surface area (Å²) in [5.41, 5.74) is 0.556. The zero-order valence-electron chi connectivity index (χ0n) is 15.9. The molecule has 0 saturated heterocycles. The molecule has 0 N–H and O–H groups in total. The molecule has 3 aromatic rings. The van der Waals surface area contributed by atoms with Crippen LogP contribution in [0.5, 0.6) is 11.6 Å². The number of carbonyl (C=O) groups is 1. The van der Waals surface area contributed by atoms with Gasteiger partial charge in [-0.3, -0.25) is 4.79 Å². The average molecular weight is 451 g/mol. The van der Waals surface area contributed by atoms with Crippen LogP contribution in [-0.4, -0.2) is 17.4 Å². The highest BCUT2D eigenvalue weighted by Crippen LogP contribution is 2.38. The molecule has 1 amide bonds. The summed E-state index contributed by atoms with van der Waals surface area (Å²) in [4.78, 5) is 18.8. The van der Waals surface area contributed by atoms with Gasteiger partial charge in [-0.2, -0.15) is 13.2 Å². The van der Waals surface area contributed by atoms with Crippen molar-refractivity contribution in [2.75, 3.05) is 11.4 Å². The number of amides is 1. The van der Waals surface area contributed by atoms with Gasteiger partial charge in [-0.25, -0.2) is 9.37 Å². The molecule has 0 atom stereocenters. The Morgan fingerprint density at radius 3 is 2.68 bits per heavy atom. The first-order valence-corrected chi connectivity index (χ1v) is 9.72. The second-order valence-electron chi connectivity index (χ2n) is 6.92. The predicted octanol–water partition coefficient (Wildman–Crippen LogP) is 6.28. The van der Waals surface area contributed by atoms with E-state index in [4.69, 9.17) is 16.3 Å². The first-order chi connectivity index (χ1) is 14.8. The molecule has 0 radical (unpaired) electrons. The average Bonchev–Trinajstić information content (AvgIpc) is 2.75. The van der Waals surface area contributed by atoms with E-state index in [9.17, 15) is 22.4 Å². The van der Waals surface area contributed by atoms with Crippen molar-refractivity contribution in [3.63, 3.8) is 0 Å². The van der Waals surface area contributed by atoms with Crippen LogP contribution in [0.25, 0.3) is 0 Å². The van der Waals surface area contributed by atoms with Crippen LogP contribution in [-0.2, 0) is 12.6 Å². The summed E-state index contributed by atoms with van der Waals surface area (Å²) >= 11 is 5.62. The summed E-state index contributed by atoms with van der Waals surface area (Å²) in [7, 11) is 0. The molecule has 1 aliphatic heterocycles. The van der Waals surface area contributed by atoms with Gasteiger partial charge in [0.15, 0.2) is 11.6 Å². The Morgan fingerprint density at radius 1 is 1.13 bits per heavy atom. The number of nitrogens with zero attached hydrogens (tertiary/aromatic N) is 2. The first-order valence-electron chi connectivity index (χ1n) is 9.34. The number of aromatic nitrogens is 1. The minimum atomic E-state index is -4.75. The van der Waals surface area contributed by atoms with Crippen LogP contribution in [0, 0.1) is 5.82 Å². The van der Waals surface area contributed by atoms with Crippen LogP contribution in [0.1, 0.15) is 27.9 Å². The lowest BCUT2D eigenvalue weighted by Crippen LogP contribution is -2.35. The quantitative estimate of drug-likeness (QED) is 0.441. The van der Waals surface area contributed by atoms with E-state index < -0.39 is 34.2 Å². The van der Waals surface area contributed by atoms with Gasteiger partial charge in [-0.1, -0.05) is 29.8 Å². The smallest absolute Gasteiger partial charge is 0.416 e. The van der Waals surface area contributed by atoms with Gasteiger partial charge in [0.05, 0.1) is 10.6 Å². The van der Waals surface area contributed by atoms with E-state index in [1.54, 1.807) is 4.90 Å². The Labute approximate surface area is 180 Å². The number of fused-ring (bicyclic) bond motifs is 1. The molecule has 0 saturated carbocycles. The first kappa shape index (κ1) is 21.1. The normalized spacial score (nSPS) is 13.6. The molecule has 9 heteroatoms. The molecule has 4 nitrogen and oxygen atoms in total. The van der Waals surface area contributed by atoms with Crippen LogP contribution in [0.4, 0.5) is 23.2 Å². The van der Waals surface area contributed by atoms with Crippen molar-refractivity contribution in [1.29, 1.82) is 0 Å². The van der Waals surface area contributed by atoms with E-state index in [1.165, 1.54) is 18.3 Å². The van der Waals surface area contributed by atoms with Gasteiger partial charge in [-0.05, 0) is 48.7 Å². The largest absolute Gasteiger partial charge is 0.435 e. The van der Waals surface area contributed by atoms with Gasteiger partial charge in [-0.15, -0.1) is 0 Å². The van der Waals surface area contributed by atoms with Gasteiger partial charge >= 0.3 is 6.18 Å². The van der Waals surface area contributed by atoms with Crippen molar-refractivity contribution in [2.24, 2.45) is 0 Å². The van der Waals surface area contributed by atoms with Gasteiger partial charge in [0, 0.05) is 18.4 Å². The summed E-state index contributed by atoms with van der Waals surface area (Å²) in [6.07, 6.45) is -1.89. The molecule has 0 aliphatic carbocycles. The highest BCUT2D eigenvalue weighted by atomic mass is 35.5. The highest BCUT2D eigenvalue weighted by Gasteiger charge is 2.33. The molecule has 4 rings (SSSR count). The molecule has 0 spiro atoms. The molecule has 0 bridgehead atoms. The fourth-order valence-electron chi connectivity index (χ4n) is 3.43. The Hall–Kier alpha value is -3.13.